The van der Waals surface area contributed by atoms with Gasteiger partial charge in [0.2, 0.25) is 5.91 Å². The van der Waals surface area contributed by atoms with Crippen molar-refractivity contribution in [3.8, 4) is 0 Å². The molecule has 3 aromatic heterocycles. The highest BCUT2D eigenvalue weighted by atomic mass is 32.1. The number of nitrogens with zero attached hydrogens (tertiary/aromatic N) is 3. The van der Waals surface area contributed by atoms with Crippen molar-refractivity contribution in [2.45, 2.75) is 47.3 Å². The summed E-state index contributed by atoms with van der Waals surface area (Å²) in [7, 11) is 0. The van der Waals surface area contributed by atoms with Crippen molar-refractivity contribution < 1.29 is 14.3 Å². The van der Waals surface area contributed by atoms with Gasteiger partial charge in [-0.2, -0.15) is 0 Å². The second-order valence-corrected chi connectivity index (χ2v) is 8.80. The number of fused-ring (bicyclic) bond motifs is 1. The van der Waals surface area contributed by atoms with E-state index >= 15 is 0 Å². The van der Waals surface area contributed by atoms with Gasteiger partial charge >= 0.3 is 5.97 Å². The molecule has 0 aromatic carbocycles. The number of carbonyl (C=O) groups excluding carboxylic acids is 2. The monoisotopic (exact) mass is 420 g/mol. The molecule has 1 N–H and O–H groups in total. The van der Waals surface area contributed by atoms with Crippen molar-refractivity contribution in [2.24, 2.45) is 0 Å². The number of thiophene rings is 1. The maximum Gasteiger partial charge on any atom is 0.350 e. The number of carbonyl (C=O) groups is 2. The minimum absolute atomic E-state index is 0.188. The molecule has 148 valence electrons. The van der Waals surface area contributed by atoms with E-state index in [-0.39, 0.29) is 23.3 Å². The number of hydrogen-bond acceptors (Lipinski definition) is 8. The van der Waals surface area contributed by atoms with Crippen molar-refractivity contribution in [1.82, 2.24) is 14.5 Å². The van der Waals surface area contributed by atoms with Crippen molar-refractivity contribution in [2.75, 3.05) is 5.32 Å². The van der Waals surface area contributed by atoms with E-state index < -0.39 is 11.9 Å². The lowest BCUT2D eigenvalue weighted by Crippen LogP contribution is -2.29. The molecule has 3 rings (SSSR count). The molecule has 0 radical (unpaired) electrons. The molecule has 1 amide bonds. The fraction of sp³-hybridized carbons (Fsp3) is 0.389. The SMILES string of the molecule is Cc1cc2c(=O)n(CC(=O)Nc3nc(C)c(C(=O)OC(C)C)s3)c(C)nc2s1. The molecule has 3 aromatic rings. The van der Waals surface area contributed by atoms with Gasteiger partial charge in [0, 0.05) is 4.88 Å². The van der Waals surface area contributed by atoms with Crippen LogP contribution in [-0.4, -0.2) is 32.5 Å². The summed E-state index contributed by atoms with van der Waals surface area (Å²) in [5.41, 5.74) is 0.231. The van der Waals surface area contributed by atoms with E-state index in [1.54, 1.807) is 33.8 Å². The Morgan fingerprint density at radius 3 is 2.61 bits per heavy atom. The summed E-state index contributed by atoms with van der Waals surface area (Å²) in [4.78, 5) is 47.8. The van der Waals surface area contributed by atoms with Crippen molar-refractivity contribution in [3.05, 3.63) is 37.7 Å². The Bertz CT molecular complexity index is 1130. The van der Waals surface area contributed by atoms with Gasteiger partial charge in [0.25, 0.3) is 5.56 Å². The summed E-state index contributed by atoms with van der Waals surface area (Å²) in [5, 5.41) is 3.43. The van der Waals surface area contributed by atoms with Gasteiger partial charge in [-0.15, -0.1) is 11.3 Å². The fourth-order valence-corrected chi connectivity index (χ4v) is 4.41. The lowest BCUT2D eigenvalue weighted by atomic mass is 10.3. The van der Waals surface area contributed by atoms with Gasteiger partial charge in [0.15, 0.2) is 5.13 Å². The van der Waals surface area contributed by atoms with Gasteiger partial charge in [0.05, 0.1) is 17.2 Å². The Kier molecular flexibility index (Phi) is 5.61. The second kappa shape index (κ2) is 7.80. The fourth-order valence-electron chi connectivity index (χ4n) is 2.63. The molecular formula is C18H20N4O4S2. The first-order valence-electron chi connectivity index (χ1n) is 8.61. The molecular weight excluding hydrogens is 400 g/mol. The molecule has 8 nitrogen and oxygen atoms in total. The first-order chi connectivity index (χ1) is 13.2. The summed E-state index contributed by atoms with van der Waals surface area (Å²) in [6.07, 6.45) is -0.245. The third-order valence-electron chi connectivity index (χ3n) is 3.84. The zero-order valence-corrected chi connectivity index (χ0v) is 17.8. The van der Waals surface area contributed by atoms with E-state index in [2.05, 4.69) is 15.3 Å². The van der Waals surface area contributed by atoms with Gasteiger partial charge < -0.3 is 10.1 Å². The normalized spacial score (nSPS) is 11.2. The topological polar surface area (TPSA) is 103 Å². The highest BCUT2D eigenvalue weighted by molar-refractivity contribution is 7.18. The van der Waals surface area contributed by atoms with Crippen molar-refractivity contribution in [3.63, 3.8) is 0 Å². The van der Waals surface area contributed by atoms with Gasteiger partial charge in [0.1, 0.15) is 22.1 Å². The predicted molar refractivity (Wildman–Crippen MR) is 109 cm³/mol. The molecule has 0 unspecified atom stereocenters. The lowest BCUT2D eigenvalue weighted by molar-refractivity contribution is -0.116. The van der Waals surface area contributed by atoms with E-state index in [1.807, 2.05) is 6.92 Å². The van der Waals surface area contributed by atoms with Crippen LogP contribution in [-0.2, 0) is 16.1 Å². The van der Waals surface area contributed by atoms with Crippen LogP contribution in [0.5, 0.6) is 0 Å². The number of amides is 1. The van der Waals surface area contributed by atoms with E-state index in [4.69, 9.17) is 4.74 Å². The maximum atomic E-state index is 12.7. The zero-order valence-electron chi connectivity index (χ0n) is 16.2. The minimum Gasteiger partial charge on any atom is -0.459 e. The van der Waals surface area contributed by atoms with E-state index in [1.165, 1.54) is 15.9 Å². The zero-order chi connectivity index (χ0) is 20.6. The quantitative estimate of drug-likeness (QED) is 0.637. The van der Waals surface area contributed by atoms with Gasteiger partial charge in [-0.05, 0) is 40.7 Å². The van der Waals surface area contributed by atoms with E-state index in [0.29, 0.717) is 26.6 Å². The Morgan fingerprint density at radius 2 is 1.93 bits per heavy atom. The standard InChI is InChI=1S/C18H20N4O4S2/c1-8(2)26-17(25)14-10(4)19-18(28-14)21-13(23)7-22-11(5)20-15-12(16(22)24)6-9(3)27-15/h6,8H,7H2,1-5H3,(H,19,21,23). The number of rotatable bonds is 5. The molecule has 0 saturated carbocycles. The van der Waals surface area contributed by atoms with Crippen LogP contribution in [0.1, 0.15) is 39.9 Å². The number of nitrogens with one attached hydrogen (secondary N) is 1. The van der Waals surface area contributed by atoms with Crippen LogP contribution < -0.4 is 10.9 Å². The molecule has 10 heteroatoms. The van der Waals surface area contributed by atoms with Crippen LogP contribution >= 0.6 is 22.7 Å². The summed E-state index contributed by atoms with van der Waals surface area (Å²) in [6.45, 7) is 8.61. The van der Waals surface area contributed by atoms with Crippen LogP contribution in [0.4, 0.5) is 5.13 Å². The third-order valence-corrected chi connectivity index (χ3v) is 5.84. The molecule has 28 heavy (non-hydrogen) atoms. The van der Waals surface area contributed by atoms with Gasteiger partial charge in [-0.3, -0.25) is 14.2 Å². The summed E-state index contributed by atoms with van der Waals surface area (Å²) < 4.78 is 6.50. The van der Waals surface area contributed by atoms with E-state index in [0.717, 1.165) is 16.2 Å². The van der Waals surface area contributed by atoms with Crippen LogP contribution in [0, 0.1) is 20.8 Å². The smallest absolute Gasteiger partial charge is 0.350 e. The van der Waals surface area contributed by atoms with Crippen LogP contribution in [0.15, 0.2) is 10.9 Å². The van der Waals surface area contributed by atoms with Gasteiger partial charge in [-0.1, -0.05) is 11.3 Å². The Morgan fingerprint density at radius 1 is 1.21 bits per heavy atom. The second-order valence-electron chi connectivity index (χ2n) is 6.56. The number of hydrogen-bond donors (Lipinski definition) is 1. The largest absolute Gasteiger partial charge is 0.459 e. The average molecular weight is 421 g/mol. The highest BCUT2D eigenvalue weighted by Gasteiger charge is 2.20. The minimum atomic E-state index is -0.472. The highest BCUT2D eigenvalue weighted by Crippen LogP contribution is 2.24. The van der Waals surface area contributed by atoms with Crippen molar-refractivity contribution >= 4 is 49.9 Å². The molecule has 0 saturated heterocycles. The first-order valence-corrected chi connectivity index (χ1v) is 10.2. The third kappa shape index (κ3) is 4.12. The number of aryl methyl sites for hydroxylation is 3. The Hall–Kier alpha value is -2.59. The molecule has 0 bridgehead atoms. The van der Waals surface area contributed by atoms with Crippen molar-refractivity contribution in [1.29, 1.82) is 0 Å². The predicted octanol–water partition coefficient (Wildman–Crippen LogP) is 3.04. The maximum absolute atomic E-state index is 12.7. The molecule has 0 spiro atoms. The van der Waals surface area contributed by atoms with Crippen LogP contribution in [0.3, 0.4) is 0 Å². The summed E-state index contributed by atoms with van der Waals surface area (Å²) in [6, 6.07) is 1.78. The molecule has 0 aliphatic carbocycles. The molecule has 3 heterocycles. The summed E-state index contributed by atoms with van der Waals surface area (Å²) in [5.74, 6) is -0.429. The first kappa shape index (κ1) is 20.2. The molecule has 0 fully saturated rings. The van der Waals surface area contributed by atoms with Gasteiger partial charge in [-0.25, -0.2) is 14.8 Å². The van der Waals surface area contributed by atoms with E-state index in [9.17, 15) is 14.4 Å². The van der Waals surface area contributed by atoms with Crippen LogP contribution in [0.2, 0.25) is 0 Å². The Labute approximate surface area is 169 Å². The molecule has 0 aliphatic heterocycles. The summed E-state index contributed by atoms with van der Waals surface area (Å²) >= 11 is 2.49. The lowest BCUT2D eigenvalue weighted by Gasteiger charge is -2.08. The number of ether oxygens (including phenoxy) is 1. The molecule has 0 atom stereocenters. The Balaban J connectivity index is 1.79. The molecule has 0 aliphatic rings. The number of aromatic nitrogens is 3. The number of thiazole rings is 1. The van der Waals surface area contributed by atoms with Crippen LogP contribution in [0.25, 0.3) is 10.2 Å². The number of anilines is 1. The average Bonchev–Trinajstić information content (AvgIpc) is 3.13. The number of esters is 1.